The lowest BCUT2D eigenvalue weighted by molar-refractivity contribution is 0.235. The number of nitrogens with zero attached hydrogens (tertiary/aromatic N) is 2. The first-order valence-electron chi connectivity index (χ1n) is 6.51. The predicted octanol–water partition coefficient (Wildman–Crippen LogP) is 3.19. The number of rotatable bonds is 5. The highest BCUT2D eigenvalue weighted by molar-refractivity contribution is 7.99. The number of hydrogen-bond donors (Lipinski definition) is 0. The Morgan fingerprint density at radius 2 is 2.29 bits per heavy atom. The molecule has 2 atom stereocenters. The molecular weight excluding hydrogens is 228 g/mol. The number of thioether (sulfide) groups is 1. The van der Waals surface area contributed by atoms with Crippen LogP contribution in [0.25, 0.3) is 0 Å². The second-order valence-corrected chi connectivity index (χ2v) is 6.36. The van der Waals surface area contributed by atoms with Crippen LogP contribution in [0.2, 0.25) is 0 Å². The quantitative estimate of drug-likeness (QED) is 0.798. The van der Waals surface area contributed by atoms with Gasteiger partial charge in [0.05, 0.1) is 5.69 Å². The van der Waals surface area contributed by atoms with Crippen molar-refractivity contribution in [2.75, 3.05) is 12.8 Å². The molecule has 94 valence electrons. The van der Waals surface area contributed by atoms with Crippen molar-refractivity contribution in [1.82, 2.24) is 9.88 Å². The molecule has 0 aliphatic heterocycles. The molecule has 0 spiro atoms. The molecule has 1 saturated carbocycles. The fraction of sp³-hybridized carbons (Fsp3) is 0.643. The molecule has 1 heterocycles. The van der Waals surface area contributed by atoms with Gasteiger partial charge in [0.15, 0.2) is 0 Å². The van der Waals surface area contributed by atoms with Crippen LogP contribution in [0, 0.1) is 0 Å². The number of hydrogen-bond acceptors (Lipinski definition) is 3. The Balaban J connectivity index is 1.83. The molecule has 0 unspecified atom stereocenters. The van der Waals surface area contributed by atoms with Crippen LogP contribution < -0.4 is 0 Å². The molecule has 17 heavy (non-hydrogen) atoms. The SMILES string of the molecule is CCS[C@H]1CC[C@H](N(C)Cc2ccccn2)C1. The van der Waals surface area contributed by atoms with Crippen LogP contribution in [-0.2, 0) is 6.54 Å². The van der Waals surface area contributed by atoms with E-state index < -0.39 is 0 Å². The first-order chi connectivity index (χ1) is 8.29. The first kappa shape index (κ1) is 12.9. The van der Waals surface area contributed by atoms with Crippen LogP contribution >= 0.6 is 11.8 Å². The van der Waals surface area contributed by atoms with Crippen molar-refractivity contribution in [3.8, 4) is 0 Å². The summed E-state index contributed by atoms with van der Waals surface area (Å²) in [6.45, 7) is 3.24. The minimum Gasteiger partial charge on any atom is -0.298 e. The zero-order chi connectivity index (χ0) is 12.1. The van der Waals surface area contributed by atoms with Crippen molar-refractivity contribution in [1.29, 1.82) is 0 Å². The Bertz CT molecular complexity index is 328. The zero-order valence-corrected chi connectivity index (χ0v) is 11.6. The highest BCUT2D eigenvalue weighted by Gasteiger charge is 2.27. The van der Waals surface area contributed by atoms with Gasteiger partial charge in [-0.1, -0.05) is 13.0 Å². The summed E-state index contributed by atoms with van der Waals surface area (Å²) in [4.78, 5) is 6.87. The Morgan fingerprint density at radius 1 is 1.41 bits per heavy atom. The largest absolute Gasteiger partial charge is 0.298 e. The zero-order valence-electron chi connectivity index (χ0n) is 10.8. The smallest absolute Gasteiger partial charge is 0.0543 e. The third kappa shape index (κ3) is 3.71. The van der Waals surface area contributed by atoms with Gasteiger partial charge in [-0.3, -0.25) is 9.88 Å². The fourth-order valence-corrected chi connectivity index (χ4v) is 3.71. The lowest BCUT2D eigenvalue weighted by atomic mass is 10.2. The molecule has 0 bridgehead atoms. The van der Waals surface area contributed by atoms with E-state index >= 15 is 0 Å². The van der Waals surface area contributed by atoms with E-state index in [0.717, 1.165) is 17.8 Å². The third-order valence-corrected chi connectivity index (χ3v) is 4.75. The maximum atomic E-state index is 4.40. The fourth-order valence-electron chi connectivity index (χ4n) is 2.58. The summed E-state index contributed by atoms with van der Waals surface area (Å²) in [7, 11) is 2.23. The van der Waals surface area contributed by atoms with Crippen LogP contribution in [-0.4, -0.2) is 34.0 Å². The predicted molar refractivity (Wildman–Crippen MR) is 75.3 cm³/mol. The van der Waals surface area contributed by atoms with Gasteiger partial charge in [-0.15, -0.1) is 0 Å². The molecule has 0 N–H and O–H groups in total. The van der Waals surface area contributed by atoms with Gasteiger partial charge in [-0.2, -0.15) is 11.8 Å². The van der Waals surface area contributed by atoms with Crippen molar-refractivity contribution < 1.29 is 0 Å². The monoisotopic (exact) mass is 250 g/mol. The summed E-state index contributed by atoms with van der Waals surface area (Å²) in [6.07, 6.45) is 5.96. The number of aromatic nitrogens is 1. The maximum absolute atomic E-state index is 4.40. The van der Waals surface area contributed by atoms with E-state index in [1.807, 2.05) is 12.3 Å². The maximum Gasteiger partial charge on any atom is 0.0543 e. The number of pyridine rings is 1. The molecule has 1 aromatic heterocycles. The average Bonchev–Trinajstić information content (AvgIpc) is 2.79. The van der Waals surface area contributed by atoms with Crippen molar-refractivity contribution >= 4 is 11.8 Å². The summed E-state index contributed by atoms with van der Waals surface area (Å²) in [5, 5.41) is 0.885. The summed E-state index contributed by atoms with van der Waals surface area (Å²) in [6, 6.07) is 6.91. The highest BCUT2D eigenvalue weighted by atomic mass is 32.2. The normalized spacial score (nSPS) is 24.4. The summed E-state index contributed by atoms with van der Waals surface area (Å²) < 4.78 is 0. The van der Waals surface area contributed by atoms with E-state index in [1.54, 1.807) is 0 Å². The van der Waals surface area contributed by atoms with Gasteiger partial charge in [0.25, 0.3) is 0 Å². The van der Waals surface area contributed by atoms with Gasteiger partial charge >= 0.3 is 0 Å². The molecule has 1 fully saturated rings. The van der Waals surface area contributed by atoms with Crippen LogP contribution in [0.3, 0.4) is 0 Å². The van der Waals surface area contributed by atoms with Gasteiger partial charge < -0.3 is 0 Å². The second-order valence-electron chi connectivity index (χ2n) is 4.78. The van der Waals surface area contributed by atoms with E-state index in [9.17, 15) is 0 Å². The average molecular weight is 250 g/mol. The van der Waals surface area contributed by atoms with E-state index in [-0.39, 0.29) is 0 Å². The summed E-state index contributed by atoms with van der Waals surface area (Å²) in [5.74, 6) is 1.25. The summed E-state index contributed by atoms with van der Waals surface area (Å²) >= 11 is 2.12. The van der Waals surface area contributed by atoms with E-state index in [0.29, 0.717) is 0 Å². The van der Waals surface area contributed by atoms with Crippen LogP contribution in [0.15, 0.2) is 24.4 Å². The van der Waals surface area contributed by atoms with Crippen molar-refractivity contribution in [3.63, 3.8) is 0 Å². The molecule has 3 heteroatoms. The van der Waals surface area contributed by atoms with Crippen molar-refractivity contribution in [2.45, 2.75) is 44.0 Å². The van der Waals surface area contributed by atoms with Gasteiger partial charge in [-0.25, -0.2) is 0 Å². The minimum atomic E-state index is 0.751. The molecule has 1 aliphatic carbocycles. The molecule has 0 radical (unpaired) electrons. The Hall–Kier alpha value is -0.540. The molecule has 0 saturated heterocycles. The lowest BCUT2D eigenvalue weighted by Crippen LogP contribution is -2.29. The van der Waals surface area contributed by atoms with E-state index in [1.165, 1.54) is 30.7 Å². The molecule has 2 nitrogen and oxygen atoms in total. The lowest BCUT2D eigenvalue weighted by Gasteiger charge is -2.23. The highest BCUT2D eigenvalue weighted by Crippen LogP contribution is 2.32. The van der Waals surface area contributed by atoms with Gasteiger partial charge in [0, 0.05) is 24.0 Å². The van der Waals surface area contributed by atoms with Crippen molar-refractivity contribution in [2.24, 2.45) is 0 Å². The van der Waals surface area contributed by atoms with Crippen molar-refractivity contribution in [3.05, 3.63) is 30.1 Å². The van der Waals surface area contributed by atoms with Crippen LogP contribution in [0.1, 0.15) is 31.9 Å². The Kier molecular flexibility index (Phi) is 4.86. The molecular formula is C14H22N2S. The molecule has 0 aromatic carbocycles. The van der Waals surface area contributed by atoms with E-state index in [4.69, 9.17) is 0 Å². The standard InChI is InChI=1S/C14H22N2S/c1-3-17-14-8-7-13(10-14)16(2)11-12-6-4-5-9-15-12/h4-6,9,13-14H,3,7-8,10-11H2,1-2H3/t13-,14-/m0/s1. The minimum absolute atomic E-state index is 0.751. The van der Waals surface area contributed by atoms with Gasteiger partial charge in [0.2, 0.25) is 0 Å². The Labute approximate surface area is 109 Å². The second kappa shape index (κ2) is 6.41. The van der Waals surface area contributed by atoms with Crippen LogP contribution in [0.5, 0.6) is 0 Å². The van der Waals surface area contributed by atoms with Crippen LogP contribution in [0.4, 0.5) is 0 Å². The third-order valence-electron chi connectivity index (χ3n) is 3.52. The molecule has 1 aromatic rings. The van der Waals surface area contributed by atoms with Gasteiger partial charge in [0.1, 0.15) is 0 Å². The van der Waals surface area contributed by atoms with Gasteiger partial charge in [-0.05, 0) is 44.2 Å². The topological polar surface area (TPSA) is 16.1 Å². The Morgan fingerprint density at radius 3 is 3.00 bits per heavy atom. The van der Waals surface area contributed by atoms with E-state index in [2.05, 4.69) is 47.7 Å². The summed E-state index contributed by atoms with van der Waals surface area (Å²) in [5.41, 5.74) is 1.18. The molecule has 2 rings (SSSR count). The first-order valence-corrected chi connectivity index (χ1v) is 7.56. The molecule has 0 amide bonds. The molecule has 1 aliphatic rings.